The number of amides is 1. The van der Waals surface area contributed by atoms with Gasteiger partial charge < -0.3 is 79.0 Å². The van der Waals surface area contributed by atoms with Crippen molar-refractivity contribution in [1.29, 1.82) is 0 Å². The molecule has 0 aromatic carbocycles. The van der Waals surface area contributed by atoms with Crippen LogP contribution in [0.4, 0.5) is 0 Å². The Labute approximate surface area is 286 Å². The Morgan fingerprint density at radius 3 is 2.00 bits per heavy atom. The molecule has 17 heteroatoms. The van der Waals surface area contributed by atoms with Crippen LogP contribution in [0.3, 0.4) is 0 Å². The molecule has 8 N–H and O–H groups in total. The fourth-order valence-electron chi connectivity index (χ4n) is 5.28. The van der Waals surface area contributed by atoms with Crippen molar-refractivity contribution in [3.8, 4) is 0 Å². The number of allylic oxidation sites excluding steroid dienone is 3. The molecular weight excluding hydrogens is 654 g/mol. The summed E-state index contributed by atoms with van der Waals surface area (Å²) in [6, 6.07) is 0. The van der Waals surface area contributed by atoms with E-state index in [2.05, 4.69) is 23.5 Å². The molecule has 0 aromatic heterocycles. The van der Waals surface area contributed by atoms with Crippen LogP contribution in [0, 0.1) is 0 Å². The summed E-state index contributed by atoms with van der Waals surface area (Å²) in [6.07, 6.45) is -4.85. The molecule has 0 bridgehead atoms. The molecule has 0 unspecified atom stereocenters. The van der Waals surface area contributed by atoms with E-state index in [1.807, 2.05) is 0 Å². The second kappa shape index (κ2) is 23.8. The molecule has 2 fully saturated rings. The van der Waals surface area contributed by atoms with Crippen LogP contribution in [-0.4, -0.2) is 182 Å². The van der Waals surface area contributed by atoms with Crippen molar-refractivity contribution in [2.45, 2.75) is 93.5 Å². The molecule has 284 valence electrons. The Kier molecular flexibility index (Phi) is 20.2. The average Bonchev–Trinajstić information content (AvgIpc) is 3.63. The zero-order valence-corrected chi connectivity index (χ0v) is 27.8. The maximum Gasteiger partial charge on any atom is 0.245 e. The van der Waals surface area contributed by atoms with Gasteiger partial charge in [-0.1, -0.05) is 23.8 Å². The van der Waals surface area contributed by atoms with Crippen LogP contribution in [-0.2, 0) is 42.7 Å². The van der Waals surface area contributed by atoms with Gasteiger partial charge in [-0.2, -0.15) is 0 Å². The summed E-state index contributed by atoms with van der Waals surface area (Å²) >= 11 is 0. The lowest BCUT2D eigenvalue weighted by molar-refractivity contribution is -0.359. The van der Waals surface area contributed by atoms with E-state index in [0.29, 0.717) is 65.4 Å². The van der Waals surface area contributed by atoms with Crippen LogP contribution >= 0.6 is 0 Å². The molecule has 1 amide bonds. The van der Waals surface area contributed by atoms with Gasteiger partial charge in [-0.3, -0.25) is 4.79 Å². The Morgan fingerprint density at radius 1 is 0.714 bits per heavy atom. The van der Waals surface area contributed by atoms with Crippen molar-refractivity contribution in [2.75, 3.05) is 79.2 Å². The summed E-state index contributed by atoms with van der Waals surface area (Å²) in [4.78, 5) is 12.0. The molecule has 3 rings (SSSR count). The molecule has 17 nitrogen and oxygen atoms in total. The molecule has 2 saturated heterocycles. The van der Waals surface area contributed by atoms with Crippen molar-refractivity contribution in [2.24, 2.45) is 0 Å². The molecule has 3 aliphatic rings. The summed E-state index contributed by atoms with van der Waals surface area (Å²) < 4.78 is 43.7. The predicted molar refractivity (Wildman–Crippen MR) is 169 cm³/mol. The summed E-state index contributed by atoms with van der Waals surface area (Å²) in [5, 5.41) is 73.3. The second-order valence-electron chi connectivity index (χ2n) is 11.9. The van der Waals surface area contributed by atoms with Gasteiger partial charge in [-0.15, -0.1) is 0 Å². The molecule has 0 aromatic rings. The molecule has 1 aliphatic carbocycles. The molecule has 2 heterocycles. The normalized spacial score (nSPS) is 31.6. The zero-order chi connectivity index (χ0) is 35.4. The lowest BCUT2D eigenvalue weighted by Crippen LogP contribution is -2.64. The van der Waals surface area contributed by atoms with Gasteiger partial charge >= 0.3 is 0 Å². The quantitative estimate of drug-likeness (QED) is 0.0448. The number of unbranched alkanes of at least 4 members (excludes halogenated alkanes) is 2. The van der Waals surface area contributed by atoms with E-state index < -0.39 is 74.6 Å². The lowest BCUT2D eigenvalue weighted by Gasteiger charge is -2.45. The maximum absolute atomic E-state index is 12.0. The third-order valence-electron chi connectivity index (χ3n) is 8.15. The highest BCUT2D eigenvalue weighted by molar-refractivity contribution is 5.77. The maximum atomic E-state index is 12.0. The SMILES string of the molecule is O=C(COCCOCCOCCOCCC1=CC=CC1)NCCCCCO[C@@H]1O[C@H](CO)[C@@H](O[C@H]2O[C@H](CO)[C@@H](O)[C@H](O)[C@H]2O)[C@H](O)[C@H]1O. The average molecular weight is 710 g/mol. The van der Waals surface area contributed by atoms with E-state index in [4.69, 9.17) is 37.9 Å². The Bertz CT molecular complexity index is 967. The molecule has 0 radical (unpaired) electrons. The number of nitrogens with one attached hydrogen (secondary N) is 1. The number of aliphatic hydroxyl groups excluding tert-OH is 7. The minimum atomic E-state index is -1.74. The monoisotopic (exact) mass is 709 g/mol. The van der Waals surface area contributed by atoms with Crippen LogP contribution < -0.4 is 5.32 Å². The molecular formula is C32H55NO16. The molecule has 2 aliphatic heterocycles. The highest BCUT2D eigenvalue weighted by Gasteiger charge is 2.50. The molecule has 0 saturated carbocycles. The first-order chi connectivity index (χ1) is 23.8. The van der Waals surface area contributed by atoms with Crippen molar-refractivity contribution < 1.29 is 78.4 Å². The minimum absolute atomic E-state index is 0.0837. The van der Waals surface area contributed by atoms with E-state index in [0.717, 1.165) is 12.8 Å². The Balaban J connectivity index is 1.14. The predicted octanol–water partition coefficient (Wildman–Crippen LogP) is -2.74. The van der Waals surface area contributed by atoms with Gasteiger partial charge in [0.15, 0.2) is 12.6 Å². The van der Waals surface area contributed by atoms with Gasteiger partial charge in [0.1, 0.15) is 55.4 Å². The smallest absolute Gasteiger partial charge is 0.245 e. The van der Waals surface area contributed by atoms with Gasteiger partial charge in [0.25, 0.3) is 0 Å². The largest absolute Gasteiger partial charge is 0.394 e. The number of ether oxygens (including phenoxy) is 8. The van der Waals surface area contributed by atoms with Gasteiger partial charge in [-0.25, -0.2) is 0 Å². The fourth-order valence-corrected chi connectivity index (χ4v) is 5.28. The van der Waals surface area contributed by atoms with Crippen molar-refractivity contribution in [3.05, 3.63) is 23.8 Å². The number of carbonyl (C=O) groups is 1. The first-order valence-electron chi connectivity index (χ1n) is 16.9. The van der Waals surface area contributed by atoms with Gasteiger partial charge in [0.2, 0.25) is 5.91 Å². The van der Waals surface area contributed by atoms with Crippen LogP contribution in [0.25, 0.3) is 0 Å². The highest BCUT2D eigenvalue weighted by atomic mass is 16.7. The summed E-state index contributed by atoms with van der Waals surface area (Å²) in [6.45, 7) is 2.41. The summed E-state index contributed by atoms with van der Waals surface area (Å²) in [5.74, 6) is -0.247. The fraction of sp³-hybridized carbons (Fsp3) is 0.844. The second-order valence-corrected chi connectivity index (χ2v) is 11.9. The van der Waals surface area contributed by atoms with Crippen molar-refractivity contribution in [3.63, 3.8) is 0 Å². The van der Waals surface area contributed by atoms with Crippen LogP contribution in [0.1, 0.15) is 32.1 Å². The number of carbonyl (C=O) groups excluding carboxylic acids is 1. The van der Waals surface area contributed by atoms with Gasteiger partial charge in [-0.05, 0) is 32.1 Å². The van der Waals surface area contributed by atoms with Crippen molar-refractivity contribution >= 4 is 5.91 Å². The van der Waals surface area contributed by atoms with Crippen LogP contribution in [0.5, 0.6) is 0 Å². The highest BCUT2D eigenvalue weighted by Crippen LogP contribution is 2.29. The number of aliphatic hydroxyl groups is 7. The topological polar surface area (TPSA) is 245 Å². The van der Waals surface area contributed by atoms with Crippen molar-refractivity contribution in [1.82, 2.24) is 5.32 Å². The first kappa shape index (κ1) is 41.8. The van der Waals surface area contributed by atoms with E-state index >= 15 is 0 Å². The Hall–Kier alpha value is -1.65. The van der Waals surface area contributed by atoms with Crippen LogP contribution in [0.15, 0.2) is 23.8 Å². The number of hydrogen-bond donors (Lipinski definition) is 8. The van der Waals surface area contributed by atoms with E-state index in [1.54, 1.807) is 0 Å². The molecule has 0 spiro atoms. The first-order valence-corrected chi connectivity index (χ1v) is 16.9. The number of hydrogen-bond acceptors (Lipinski definition) is 16. The minimum Gasteiger partial charge on any atom is -0.394 e. The summed E-state index contributed by atoms with van der Waals surface area (Å²) in [7, 11) is 0. The number of rotatable bonds is 25. The molecule has 49 heavy (non-hydrogen) atoms. The lowest BCUT2D eigenvalue weighted by atomic mass is 9.97. The van der Waals surface area contributed by atoms with E-state index in [9.17, 15) is 40.5 Å². The third-order valence-corrected chi connectivity index (χ3v) is 8.15. The zero-order valence-electron chi connectivity index (χ0n) is 27.8. The van der Waals surface area contributed by atoms with Crippen LogP contribution in [0.2, 0.25) is 0 Å². The standard InChI is InChI=1S/C32H55NO16/c34-18-22-25(37)26(38)28(40)32(47-22)49-30-23(19-35)48-31(29(41)27(30)39)46-10-5-1-4-9-33-24(36)20-45-17-16-44-15-14-43-13-12-42-11-8-21-6-2-3-7-21/h2-3,6,22-23,25-32,34-35,37-41H,1,4-5,7-20H2,(H,33,36)/t22-,23-,25-,26+,27-,28-,29-,30-,31-,32-/m1/s1. The third kappa shape index (κ3) is 14.5. The Morgan fingerprint density at radius 2 is 1.35 bits per heavy atom. The molecule has 10 atom stereocenters. The van der Waals surface area contributed by atoms with Gasteiger partial charge in [0.05, 0.1) is 59.5 Å². The van der Waals surface area contributed by atoms with E-state index in [1.165, 1.54) is 5.57 Å². The van der Waals surface area contributed by atoms with E-state index in [-0.39, 0.29) is 25.7 Å². The summed E-state index contributed by atoms with van der Waals surface area (Å²) in [5.41, 5.74) is 1.38. The van der Waals surface area contributed by atoms with Gasteiger partial charge in [0, 0.05) is 13.2 Å².